The second kappa shape index (κ2) is 4.67. The van der Waals surface area contributed by atoms with Crippen LogP contribution < -0.4 is 0 Å². The first-order chi connectivity index (χ1) is 7.70. The Labute approximate surface area is 93.6 Å². The molecule has 1 aliphatic rings. The van der Waals surface area contributed by atoms with Gasteiger partial charge < -0.3 is 19.2 Å². The second-order valence-electron chi connectivity index (χ2n) is 3.89. The van der Waals surface area contributed by atoms with Crippen molar-refractivity contribution < 1.29 is 19.1 Å². The summed E-state index contributed by atoms with van der Waals surface area (Å²) in [5.41, 5.74) is 0. The Morgan fingerprint density at radius 1 is 1.69 bits per heavy atom. The molecule has 0 bridgehead atoms. The number of nitrogens with zero attached hydrogens (tertiary/aromatic N) is 1. The second-order valence-corrected chi connectivity index (χ2v) is 3.89. The predicted octanol–water partition coefficient (Wildman–Crippen LogP) is 0.633. The summed E-state index contributed by atoms with van der Waals surface area (Å²) in [7, 11) is 1.57. The molecular weight excluding hydrogens is 210 g/mol. The van der Waals surface area contributed by atoms with E-state index >= 15 is 0 Å². The van der Waals surface area contributed by atoms with Gasteiger partial charge in [0.2, 0.25) is 0 Å². The summed E-state index contributed by atoms with van der Waals surface area (Å²) in [5.74, 6) is 0.769. The van der Waals surface area contributed by atoms with Crippen molar-refractivity contribution >= 4 is 5.91 Å². The van der Waals surface area contributed by atoms with Crippen LogP contribution in [0.5, 0.6) is 0 Å². The molecule has 0 saturated carbocycles. The summed E-state index contributed by atoms with van der Waals surface area (Å²) >= 11 is 0. The van der Waals surface area contributed by atoms with Gasteiger partial charge in [0.15, 0.2) is 5.76 Å². The van der Waals surface area contributed by atoms with E-state index in [1.165, 1.54) is 0 Å². The molecule has 0 radical (unpaired) electrons. The third kappa shape index (κ3) is 2.25. The Kier molecular flexibility index (Phi) is 3.26. The summed E-state index contributed by atoms with van der Waals surface area (Å²) in [5, 5.41) is 9.34. The van der Waals surface area contributed by atoms with Crippen LogP contribution in [0.4, 0.5) is 0 Å². The van der Waals surface area contributed by atoms with Gasteiger partial charge in [-0.15, -0.1) is 0 Å². The van der Waals surface area contributed by atoms with Gasteiger partial charge in [0.05, 0.1) is 6.10 Å². The first-order valence-corrected chi connectivity index (χ1v) is 5.25. The van der Waals surface area contributed by atoms with Crippen LogP contribution in [0.15, 0.2) is 16.5 Å². The van der Waals surface area contributed by atoms with Gasteiger partial charge in [0.25, 0.3) is 5.91 Å². The van der Waals surface area contributed by atoms with Gasteiger partial charge in [-0.05, 0) is 18.6 Å². The lowest BCUT2D eigenvalue weighted by molar-refractivity contribution is 0.0726. The van der Waals surface area contributed by atoms with Gasteiger partial charge >= 0.3 is 0 Å². The molecule has 1 aliphatic heterocycles. The Balaban J connectivity index is 2.03. The zero-order valence-corrected chi connectivity index (χ0v) is 9.18. The van der Waals surface area contributed by atoms with E-state index in [2.05, 4.69) is 0 Å². The molecule has 0 spiro atoms. The summed E-state index contributed by atoms with van der Waals surface area (Å²) < 4.78 is 10.2. The number of ether oxygens (including phenoxy) is 1. The maximum Gasteiger partial charge on any atom is 0.289 e. The van der Waals surface area contributed by atoms with Crippen LogP contribution in [0, 0.1) is 0 Å². The average Bonchev–Trinajstić information content (AvgIpc) is 2.87. The number of aliphatic hydroxyl groups is 1. The minimum Gasteiger partial charge on any atom is -0.453 e. The third-order valence-corrected chi connectivity index (χ3v) is 2.61. The Morgan fingerprint density at radius 2 is 2.50 bits per heavy atom. The zero-order chi connectivity index (χ0) is 11.5. The monoisotopic (exact) mass is 225 g/mol. The van der Waals surface area contributed by atoms with E-state index in [0.29, 0.717) is 37.6 Å². The number of rotatable bonds is 3. The molecule has 1 amide bonds. The van der Waals surface area contributed by atoms with Crippen LogP contribution in [-0.2, 0) is 11.3 Å². The Hall–Kier alpha value is -1.33. The first-order valence-electron chi connectivity index (χ1n) is 5.25. The van der Waals surface area contributed by atoms with Gasteiger partial charge in [-0.3, -0.25) is 4.79 Å². The molecule has 0 unspecified atom stereocenters. The van der Waals surface area contributed by atoms with Crippen LogP contribution in [0.25, 0.3) is 0 Å². The van der Waals surface area contributed by atoms with Crippen molar-refractivity contribution in [3.05, 3.63) is 23.7 Å². The van der Waals surface area contributed by atoms with E-state index in [1.54, 1.807) is 24.1 Å². The lowest BCUT2D eigenvalue weighted by atomic mass is 10.3. The van der Waals surface area contributed by atoms with Gasteiger partial charge in [0, 0.05) is 20.2 Å². The molecule has 5 heteroatoms. The number of carbonyl (C=O) groups is 1. The SMILES string of the molecule is COCc1ccc(C(=O)N2CC[C@@H](O)C2)o1. The van der Waals surface area contributed by atoms with Crippen LogP contribution in [-0.4, -0.2) is 42.2 Å². The van der Waals surface area contributed by atoms with Crippen LogP contribution in [0.3, 0.4) is 0 Å². The van der Waals surface area contributed by atoms with Gasteiger partial charge in [-0.2, -0.15) is 0 Å². The number of carbonyl (C=O) groups excluding carboxylic acids is 1. The van der Waals surface area contributed by atoms with E-state index < -0.39 is 6.10 Å². The lowest BCUT2D eigenvalue weighted by Crippen LogP contribution is -2.29. The van der Waals surface area contributed by atoms with Crippen LogP contribution >= 0.6 is 0 Å². The van der Waals surface area contributed by atoms with Crippen molar-refractivity contribution in [3.63, 3.8) is 0 Å². The van der Waals surface area contributed by atoms with E-state index in [0.717, 1.165) is 0 Å². The topological polar surface area (TPSA) is 62.9 Å². The molecule has 1 aromatic heterocycles. The maximum absolute atomic E-state index is 11.9. The highest BCUT2D eigenvalue weighted by atomic mass is 16.5. The molecule has 1 atom stereocenters. The Bertz CT molecular complexity index is 374. The molecule has 1 N–H and O–H groups in total. The number of amides is 1. The summed E-state index contributed by atoms with van der Waals surface area (Å²) in [6, 6.07) is 3.37. The highest BCUT2D eigenvalue weighted by Crippen LogP contribution is 2.16. The molecule has 16 heavy (non-hydrogen) atoms. The van der Waals surface area contributed by atoms with Gasteiger partial charge in [-0.1, -0.05) is 0 Å². The molecule has 2 heterocycles. The largest absolute Gasteiger partial charge is 0.453 e. The van der Waals surface area contributed by atoms with E-state index in [-0.39, 0.29) is 5.91 Å². The molecule has 0 aromatic carbocycles. The summed E-state index contributed by atoms with van der Waals surface area (Å²) in [6.45, 7) is 1.33. The molecule has 1 aromatic rings. The van der Waals surface area contributed by atoms with Gasteiger partial charge in [0.1, 0.15) is 12.4 Å². The zero-order valence-electron chi connectivity index (χ0n) is 9.18. The number of methoxy groups -OCH3 is 1. The average molecular weight is 225 g/mol. The fourth-order valence-corrected chi connectivity index (χ4v) is 1.79. The van der Waals surface area contributed by atoms with Crippen molar-refractivity contribution in [1.29, 1.82) is 0 Å². The quantitative estimate of drug-likeness (QED) is 0.819. The van der Waals surface area contributed by atoms with Crippen LogP contribution in [0.2, 0.25) is 0 Å². The van der Waals surface area contributed by atoms with Crippen molar-refractivity contribution in [2.45, 2.75) is 19.1 Å². The fourth-order valence-electron chi connectivity index (χ4n) is 1.79. The molecule has 88 valence electrons. The third-order valence-electron chi connectivity index (χ3n) is 2.61. The number of hydrogen-bond acceptors (Lipinski definition) is 4. The molecule has 1 saturated heterocycles. The Morgan fingerprint density at radius 3 is 3.12 bits per heavy atom. The number of hydrogen-bond donors (Lipinski definition) is 1. The highest BCUT2D eigenvalue weighted by Gasteiger charge is 2.27. The number of furan rings is 1. The molecule has 0 aliphatic carbocycles. The molecule has 1 fully saturated rings. The normalized spacial score (nSPS) is 20.4. The standard InChI is InChI=1S/C11H15NO4/c1-15-7-9-2-3-10(16-9)11(14)12-5-4-8(13)6-12/h2-3,8,13H,4-7H2,1H3/t8-/m1/s1. The lowest BCUT2D eigenvalue weighted by Gasteiger charge is -2.13. The van der Waals surface area contributed by atoms with E-state index in [4.69, 9.17) is 9.15 Å². The van der Waals surface area contributed by atoms with E-state index in [1.807, 2.05) is 0 Å². The highest BCUT2D eigenvalue weighted by molar-refractivity contribution is 5.91. The van der Waals surface area contributed by atoms with Crippen molar-refractivity contribution in [2.75, 3.05) is 20.2 Å². The molecule has 2 rings (SSSR count). The molecule has 5 nitrogen and oxygen atoms in total. The smallest absolute Gasteiger partial charge is 0.289 e. The summed E-state index contributed by atoms with van der Waals surface area (Å²) in [6.07, 6.45) is 0.231. The van der Waals surface area contributed by atoms with Crippen molar-refractivity contribution in [3.8, 4) is 0 Å². The number of likely N-dealkylation sites (tertiary alicyclic amines) is 1. The number of β-amino-alcohol motifs (C(OH)–C–C–N with tert-alkyl or cyclic N) is 1. The van der Waals surface area contributed by atoms with Gasteiger partial charge in [-0.25, -0.2) is 0 Å². The fraction of sp³-hybridized carbons (Fsp3) is 0.545. The van der Waals surface area contributed by atoms with E-state index in [9.17, 15) is 9.90 Å². The van der Waals surface area contributed by atoms with Crippen molar-refractivity contribution in [1.82, 2.24) is 4.90 Å². The van der Waals surface area contributed by atoms with Crippen LogP contribution in [0.1, 0.15) is 22.7 Å². The molecular formula is C11H15NO4. The van der Waals surface area contributed by atoms with Crippen molar-refractivity contribution in [2.24, 2.45) is 0 Å². The first kappa shape index (κ1) is 11.2. The predicted molar refractivity (Wildman–Crippen MR) is 55.9 cm³/mol. The minimum absolute atomic E-state index is 0.168. The summed E-state index contributed by atoms with van der Waals surface area (Å²) in [4.78, 5) is 13.5. The number of aliphatic hydroxyl groups excluding tert-OH is 1. The minimum atomic E-state index is -0.405. The maximum atomic E-state index is 11.9.